The van der Waals surface area contributed by atoms with Crippen LogP contribution in [0.3, 0.4) is 0 Å². The third kappa shape index (κ3) is 5.29. The fourth-order valence-corrected chi connectivity index (χ4v) is 4.81. The zero-order valence-corrected chi connectivity index (χ0v) is 22.1. The Bertz CT molecular complexity index is 1220. The normalized spacial score (nSPS) is 20.9. The second kappa shape index (κ2) is 11.0. The van der Waals surface area contributed by atoms with Crippen molar-refractivity contribution < 1.29 is 9.59 Å². The van der Waals surface area contributed by atoms with Crippen LogP contribution < -0.4 is 5.32 Å². The molecule has 1 fully saturated rings. The van der Waals surface area contributed by atoms with Crippen LogP contribution in [0.25, 0.3) is 6.08 Å². The summed E-state index contributed by atoms with van der Waals surface area (Å²) in [7, 11) is 7.27. The van der Waals surface area contributed by atoms with Gasteiger partial charge in [0.2, 0.25) is 5.91 Å². The first-order valence-corrected chi connectivity index (χ1v) is 12.5. The first kappa shape index (κ1) is 26.2. The van der Waals surface area contributed by atoms with Gasteiger partial charge < -0.3 is 20.1 Å². The van der Waals surface area contributed by atoms with Crippen molar-refractivity contribution in [2.45, 2.75) is 31.2 Å². The highest BCUT2D eigenvalue weighted by molar-refractivity contribution is 5.98. The van der Waals surface area contributed by atoms with E-state index in [1.54, 1.807) is 36.2 Å². The van der Waals surface area contributed by atoms with Crippen LogP contribution in [0.15, 0.2) is 78.0 Å². The molecule has 1 atom stereocenters. The number of rotatable bonds is 8. The van der Waals surface area contributed by atoms with Crippen LogP contribution in [0.1, 0.15) is 47.9 Å². The molecular formula is C29H36N6O2. The number of hydrazine groups is 1. The van der Waals surface area contributed by atoms with E-state index < -0.39 is 0 Å². The van der Waals surface area contributed by atoms with Crippen molar-refractivity contribution in [3.05, 3.63) is 89.7 Å². The Labute approximate surface area is 219 Å². The van der Waals surface area contributed by atoms with Gasteiger partial charge in [-0.15, -0.1) is 0 Å². The van der Waals surface area contributed by atoms with E-state index in [9.17, 15) is 9.59 Å². The average Bonchev–Trinajstić information content (AvgIpc) is 3.13. The molecule has 2 heterocycles. The summed E-state index contributed by atoms with van der Waals surface area (Å²) in [6, 6.07) is 6.15. The maximum Gasteiger partial charge on any atom is 0.259 e. The van der Waals surface area contributed by atoms with Gasteiger partial charge in [-0.05, 0) is 47.6 Å². The van der Waals surface area contributed by atoms with Gasteiger partial charge >= 0.3 is 0 Å². The molecule has 8 heteroatoms. The molecule has 8 nitrogen and oxygen atoms in total. The Morgan fingerprint density at radius 3 is 2.54 bits per heavy atom. The predicted octanol–water partition coefficient (Wildman–Crippen LogP) is 3.77. The van der Waals surface area contributed by atoms with E-state index in [4.69, 9.17) is 0 Å². The smallest absolute Gasteiger partial charge is 0.259 e. The minimum Gasteiger partial charge on any atom is -0.347 e. The van der Waals surface area contributed by atoms with Gasteiger partial charge in [0.1, 0.15) is 12.4 Å². The summed E-state index contributed by atoms with van der Waals surface area (Å²) in [4.78, 5) is 33.9. The fourth-order valence-electron chi connectivity index (χ4n) is 4.81. The number of hydrogen-bond acceptors (Lipinski definition) is 6. The summed E-state index contributed by atoms with van der Waals surface area (Å²) in [5.41, 5.74) is 4.46. The molecule has 0 radical (unpaired) electrons. The van der Waals surface area contributed by atoms with Crippen LogP contribution in [0, 0.1) is 0 Å². The molecular weight excluding hydrogens is 464 g/mol. The molecule has 0 aromatic heterocycles. The predicted molar refractivity (Wildman–Crippen MR) is 148 cm³/mol. The molecule has 2 aliphatic heterocycles. The molecule has 0 spiro atoms. The average molecular weight is 501 g/mol. The number of hydrogen-bond donors (Lipinski definition) is 1. The van der Waals surface area contributed by atoms with Gasteiger partial charge in [0, 0.05) is 46.8 Å². The molecule has 37 heavy (non-hydrogen) atoms. The maximum atomic E-state index is 13.6. The van der Waals surface area contributed by atoms with Crippen molar-refractivity contribution in [3.63, 3.8) is 0 Å². The lowest BCUT2D eigenvalue weighted by Gasteiger charge is -2.35. The Morgan fingerprint density at radius 2 is 1.95 bits per heavy atom. The Morgan fingerprint density at radius 1 is 1.19 bits per heavy atom. The van der Waals surface area contributed by atoms with Crippen LogP contribution in [0.5, 0.6) is 0 Å². The van der Waals surface area contributed by atoms with Crippen molar-refractivity contribution in [1.29, 1.82) is 0 Å². The maximum absolute atomic E-state index is 13.6. The number of allylic oxidation sites excluding steroid dienone is 1. The van der Waals surface area contributed by atoms with E-state index in [-0.39, 0.29) is 24.4 Å². The zero-order valence-electron chi connectivity index (χ0n) is 22.1. The molecule has 1 aromatic carbocycles. The van der Waals surface area contributed by atoms with Crippen molar-refractivity contribution in [3.8, 4) is 0 Å². The number of benzene rings is 1. The largest absolute Gasteiger partial charge is 0.347 e. The molecule has 4 rings (SSSR count). The Hall–Kier alpha value is -3.91. The van der Waals surface area contributed by atoms with Gasteiger partial charge in [-0.2, -0.15) is 0 Å². The number of carbonyl (C=O) groups excluding carboxylic acids is 2. The minimum absolute atomic E-state index is 0.0349. The summed E-state index contributed by atoms with van der Waals surface area (Å²) in [5, 5.41) is 7.02. The van der Waals surface area contributed by atoms with E-state index in [1.807, 2.05) is 42.6 Å². The van der Waals surface area contributed by atoms with Gasteiger partial charge in [-0.25, -0.2) is 10.0 Å². The zero-order chi connectivity index (χ0) is 26.7. The summed E-state index contributed by atoms with van der Waals surface area (Å²) in [6.45, 7) is 7.99. The SMILES string of the molecule is C=C/C(C(=O)NC1=CN(CC(=O)N(C)C)N(C)C1c1cc(C=C)ccc1C1CCC1)=C1/N=CC=CN1C. The lowest BCUT2D eigenvalue weighted by Crippen LogP contribution is -2.41. The molecule has 2 amide bonds. The summed E-state index contributed by atoms with van der Waals surface area (Å²) in [5.74, 6) is 0.661. The molecule has 1 unspecified atom stereocenters. The lowest BCUT2D eigenvalue weighted by molar-refractivity contribution is -0.132. The lowest BCUT2D eigenvalue weighted by atomic mass is 9.76. The monoisotopic (exact) mass is 500 g/mol. The van der Waals surface area contributed by atoms with Crippen molar-refractivity contribution in [2.24, 2.45) is 4.99 Å². The second-order valence-electron chi connectivity index (χ2n) is 9.79. The number of likely N-dealkylation sites (N-methyl/N-ethyl adjacent to an activating group) is 2. The van der Waals surface area contributed by atoms with Gasteiger partial charge in [-0.1, -0.05) is 43.9 Å². The third-order valence-corrected chi connectivity index (χ3v) is 7.22. The van der Waals surface area contributed by atoms with E-state index in [1.165, 1.54) is 18.1 Å². The van der Waals surface area contributed by atoms with Crippen molar-refractivity contribution in [1.82, 2.24) is 25.1 Å². The first-order chi connectivity index (χ1) is 17.7. The molecule has 1 aliphatic carbocycles. The van der Waals surface area contributed by atoms with E-state index >= 15 is 0 Å². The summed E-state index contributed by atoms with van der Waals surface area (Å²) in [6.07, 6.45) is 14.0. The first-order valence-electron chi connectivity index (χ1n) is 12.5. The number of aliphatic imine (C=N–C) groups is 1. The molecule has 1 aromatic rings. The Kier molecular flexibility index (Phi) is 7.78. The van der Waals surface area contributed by atoms with Gasteiger partial charge in [0.15, 0.2) is 0 Å². The molecule has 194 valence electrons. The van der Waals surface area contributed by atoms with Crippen LogP contribution in [0.2, 0.25) is 0 Å². The highest BCUT2D eigenvalue weighted by Gasteiger charge is 2.37. The standard InChI is InChI=1S/C29H36N6O2/c1-7-20-13-14-23(21-11-9-12-21)24(17-20)27-25(18-35(34(27)6)19-26(36)32(3)4)31-29(37)22(8-2)28-30-15-10-16-33(28)5/h7-8,10,13-18,21,27H,1-2,9,11-12,19H2,3-6H3,(H,31,37)/b28-22+. The van der Waals surface area contributed by atoms with Crippen molar-refractivity contribution in [2.75, 3.05) is 34.7 Å². The Balaban J connectivity index is 1.75. The molecule has 0 saturated heterocycles. The van der Waals surface area contributed by atoms with Crippen LogP contribution in [-0.2, 0) is 9.59 Å². The van der Waals surface area contributed by atoms with Gasteiger partial charge in [0.05, 0.1) is 17.3 Å². The van der Waals surface area contributed by atoms with E-state index in [0.717, 1.165) is 24.0 Å². The minimum atomic E-state index is -0.306. The molecule has 1 saturated carbocycles. The third-order valence-electron chi connectivity index (χ3n) is 7.22. The molecule has 0 bridgehead atoms. The number of nitrogens with one attached hydrogen (secondary N) is 1. The number of carbonyl (C=O) groups is 2. The van der Waals surface area contributed by atoms with Crippen LogP contribution in [0.4, 0.5) is 0 Å². The highest BCUT2D eigenvalue weighted by Crippen LogP contribution is 2.44. The van der Waals surface area contributed by atoms with E-state index in [0.29, 0.717) is 23.0 Å². The summed E-state index contributed by atoms with van der Waals surface area (Å²) < 4.78 is 0. The van der Waals surface area contributed by atoms with Crippen LogP contribution in [-0.4, -0.2) is 72.6 Å². The molecule has 3 aliphatic rings. The van der Waals surface area contributed by atoms with Crippen LogP contribution >= 0.6 is 0 Å². The van der Waals surface area contributed by atoms with E-state index in [2.05, 4.69) is 41.7 Å². The summed E-state index contributed by atoms with van der Waals surface area (Å²) >= 11 is 0. The van der Waals surface area contributed by atoms with Gasteiger partial charge in [0.25, 0.3) is 5.91 Å². The number of amides is 2. The van der Waals surface area contributed by atoms with Gasteiger partial charge in [-0.3, -0.25) is 9.59 Å². The number of nitrogens with zero attached hydrogens (tertiary/aromatic N) is 5. The van der Waals surface area contributed by atoms with Crippen molar-refractivity contribution >= 4 is 24.1 Å². The molecule has 1 N–H and O–H groups in total. The fraction of sp³-hybridized carbons (Fsp3) is 0.345. The quantitative estimate of drug-likeness (QED) is 0.550. The highest BCUT2D eigenvalue weighted by atomic mass is 16.2. The topological polar surface area (TPSA) is 71.5 Å². The second-order valence-corrected chi connectivity index (χ2v) is 9.79.